The first kappa shape index (κ1) is 20.9. The number of benzene rings is 1. The Bertz CT molecular complexity index is 1290. The van der Waals surface area contributed by atoms with Gasteiger partial charge in [-0.15, -0.1) is 0 Å². The molecule has 1 amide bonds. The highest BCUT2D eigenvalue weighted by molar-refractivity contribution is 5.98. The van der Waals surface area contributed by atoms with Gasteiger partial charge < -0.3 is 20.5 Å². The van der Waals surface area contributed by atoms with Crippen molar-refractivity contribution in [2.75, 3.05) is 5.32 Å². The maximum absolute atomic E-state index is 12.6. The van der Waals surface area contributed by atoms with E-state index in [2.05, 4.69) is 26.7 Å². The largest absolute Gasteiger partial charge is 0.438 e. The molecule has 2 bridgehead atoms. The predicted molar refractivity (Wildman–Crippen MR) is 118 cm³/mol. The number of nitriles is 2. The summed E-state index contributed by atoms with van der Waals surface area (Å²) in [5.41, 5.74) is 0.532. The fourth-order valence-electron chi connectivity index (χ4n) is 5.26. The second-order valence-electron chi connectivity index (χ2n) is 9.48. The summed E-state index contributed by atoms with van der Waals surface area (Å²) in [5.74, 6) is 0.340. The quantitative estimate of drug-likeness (QED) is 0.599. The monoisotopic (exact) mass is 442 g/mol. The van der Waals surface area contributed by atoms with Gasteiger partial charge in [0.05, 0.1) is 23.1 Å². The number of amides is 1. The average Bonchev–Trinajstić information content (AvgIpc) is 2.93. The standard InChI is InChI=1S/C24H22N6O3/c1-13-7-15(5-4-6-25)8-14(2)18(13)33-20-16-17(19(31)29-22(16,3)32)27-21(28-20)30-24-9-23(10-24,11-24)12-26/h4-5,7-8,32H,9-11H2,1-3H3,(H,29,31)(H,27,28,30)/b5-4+/t22-,23?,24?/m0/s1. The number of aryl methyl sites for hydroxylation is 2. The first-order valence-corrected chi connectivity index (χ1v) is 10.6. The van der Waals surface area contributed by atoms with Crippen LogP contribution in [-0.2, 0) is 5.72 Å². The molecule has 166 valence electrons. The molecule has 1 aliphatic heterocycles. The van der Waals surface area contributed by atoms with E-state index in [1.54, 1.807) is 6.08 Å². The van der Waals surface area contributed by atoms with Gasteiger partial charge >= 0.3 is 0 Å². The van der Waals surface area contributed by atoms with Gasteiger partial charge in [0.2, 0.25) is 11.8 Å². The maximum Gasteiger partial charge on any atom is 0.273 e. The number of carbonyl (C=O) groups excluding carboxylic acids is 1. The van der Waals surface area contributed by atoms with Crippen LogP contribution < -0.4 is 15.4 Å². The van der Waals surface area contributed by atoms with Gasteiger partial charge in [-0.25, -0.2) is 4.98 Å². The lowest BCUT2D eigenvalue weighted by atomic mass is 9.40. The van der Waals surface area contributed by atoms with E-state index < -0.39 is 11.6 Å². The zero-order chi connectivity index (χ0) is 23.6. The molecule has 1 aromatic carbocycles. The minimum atomic E-state index is -1.68. The third-order valence-corrected chi connectivity index (χ3v) is 6.61. The van der Waals surface area contributed by atoms with Crippen molar-refractivity contribution in [3.05, 3.63) is 46.2 Å². The number of hydrogen-bond donors (Lipinski definition) is 3. The molecule has 1 atom stereocenters. The van der Waals surface area contributed by atoms with E-state index in [-0.39, 0.29) is 34.0 Å². The zero-order valence-electron chi connectivity index (χ0n) is 18.5. The topological polar surface area (TPSA) is 144 Å². The molecule has 3 N–H and O–H groups in total. The van der Waals surface area contributed by atoms with Crippen LogP contribution in [0.3, 0.4) is 0 Å². The van der Waals surface area contributed by atoms with Crippen molar-refractivity contribution < 1.29 is 14.6 Å². The van der Waals surface area contributed by atoms with Gasteiger partial charge in [0.25, 0.3) is 5.91 Å². The second-order valence-corrected chi connectivity index (χ2v) is 9.48. The SMILES string of the molecule is Cc1cc(/C=C/C#N)cc(C)c1Oc1nc(NC23CC(C#N)(C2)C3)nc2c1[C@](C)(O)NC2=O. The van der Waals surface area contributed by atoms with Crippen molar-refractivity contribution in [3.8, 4) is 23.8 Å². The molecule has 33 heavy (non-hydrogen) atoms. The normalized spacial score (nSPS) is 28.7. The van der Waals surface area contributed by atoms with Crippen LogP contribution in [0.2, 0.25) is 0 Å². The minimum absolute atomic E-state index is 0.0537. The molecule has 0 spiro atoms. The van der Waals surface area contributed by atoms with Gasteiger partial charge in [-0.05, 0) is 74.9 Å². The molecule has 3 aliphatic carbocycles. The Kier molecular flexibility index (Phi) is 4.29. The highest BCUT2D eigenvalue weighted by atomic mass is 16.5. The molecule has 6 rings (SSSR count). The Hall–Kier alpha value is -3.95. The number of ether oxygens (including phenoxy) is 1. The molecule has 0 saturated heterocycles. The van der Waals surface area contributed by atoms with Crippen LogP contribution in [0.5, 0.6) is 11.6 Å². The van der Waals surface area contributed by atoms with E-state index in [1.165, 1.54) is 13.0 Å². The number of carbonyl (C=O) groups is 1. The van der Waals surface area contributed by atoms with E-state index in [1.807, 2.05) is 32.0 Å². The van der Waals surface area contributed by atoms with Crippen molar-refractivity contribution in [3.63, 3.8) is 0 Å². The van der Waals surface area contributed by atoms with Crippen LogP contribution in [0.1, 0.15) is 58.9 Å². The van der Waals surface area contributed by atoms with Gasteiger partial charge in [-0.1, -0.05) is 0 Å². The lowest BCUT2D eigenvalue weighted by Crippen LogP contribution is -2.70. The summed E-state index contributed by atoms with van der Waals surface area (Å²) in [4.78, 5) is 21.4. The average molecular weight is 442 g/mol. The smallest absolute Gasteiger partial charge is 0.273 e. The summed E-state index contributed by atoms with van der Waals surface area (Å²) in [7, 11) is 0. The molecule has 0 unspecified atom stereocenters. The Morgan fingerprint density at radius 1 is 1.21 bits per heavy atom. The Morgan fingerprint density at radius 2 is 1.88 bits per heavy atom. The fraction of sp³-hybridized carbons (Fsp3) is 0.375. The second kappa shape index (κ2) is 6.77. The summed E-state index contributed by atoms with van der Waals surface area (Å²) in [6, 6.07) is 8.09. The van der Waals surface area contributed by atoms with Crippen LogP contribution in [0.4, 0.5) is 5.95 Å². The number of fused-ring (bicyclic) bond motifs is 1. The molecule has 3 saturated carbocycles. The van der Waals surface area contributed by atoms with E-state index >= 15 is 0 Å². The molecule has 3 fully saturated rings. The van der Waals surface area contributed by atoms with Crippen molar-refractivity contribution in [1.82, 2.24) is 15.3 Å². The van der Waals surface area contributed by atoms with Crippen molar-refractivity contribution >= 4 is 17.9 Å². The van der Waals surface area contributed by atoms with Crippen LogP contribution in [0, 0.1) is 41.9 Å². The van der Waals surface area contributed by atoms with Crippen LogP contribution in [0.15, 0.2) is 18.2 Å². The molecule has 4 aliphatic rings. The Labute approximate surface area is 190 Å². The first-order valence-electron chi connectivity index (χ1n) is 10.6. The summed E-state index contributed by atoms with van der Waals surface area (Å²) in [6.45, 7) is 5.20. The molecule has 0 radical (unpaired) electrons. The highest BCUT2D eigenvalue weighted by Gasteiger charge is 2.69. The molecular weight excluding hydrogens is 420 g/mol. The lowest BCUT2D eigenvalue weighted by molar-refractivity contribution is -0.0665. The zero-order valence-corrected chi connectivity index (χ0v) is 18.5. The van der Waals surface area contributed by atoms with Gasteiger partial charge in [0.1, 0.15) is 11.4 Å². The van der Waals surface area contributed by atoms with Gasteiger partial charge in [-0.3, -0.25) is 4.79 Å². The van der Waals surface area contributed by atoms with Gasteiger partial charge in [0, 0.05) is 11.6 Å². The number of allylic oxidation sites excluding steroid dienone is 1. The maximum atomic E-state index is 12.6. The summed E-state index contributed by atoms with van der Waals surface area (Å²) >= 11 is 0. The molecule has 9 nitrogen and oxygen atoms in total. The number of aromatic nitrogens is 2. The first-order chi connectivity index (χ1) is 15.6. The third kappa shape index (κ3) is 3.21. The molecule has 9 heteroatoms. The van der Waals surface area contributed by atoms with E-state index in [0.29, 0.717) is 25.0 Å². The number of hydrogen-bond acceptors (Lipinski definition) is 8. The number of nitrogens with one attached hydrogen (secondary N) is 2. The van der Waals surface area contributed by atoms with Gasteiger partial charge in [0.15, 0.2) is 5.72 Å². The van der Waals surface area contributed by atoms with Crippen LogP contribution in [-0.4, -0.2) is 26.5 Å². The molecule has 1 aromatic heterocycles. The summed E-state index contributed by atoms with van der Waals surface area (Å²) in [5, 5.41) is 34.7. The Morgan fingerprint density at radius 3 is 2.48 bits per heavy atom. The predicted octanol–water partition coefficient (Wildman–Crippen LogP) is 3.19. The van der Waals surface area contributed by atoms with E-state index in [9.17, 15) is 15.2 Å². The van der Waals surface area contributed by atoms with Crippen molar-refractivity contribution in [2.24, 2.45) is 5.41 Å². The van der Waals surface area contributed by atoms with Crippen molar-refractivity contribution in [1.29, 1.82) is 10.5 Å². The summed E-state index contributed by atoms with van der Waals surface area (Å²) in [6.07, 6.45) is 5.26. The molecular formula is C24H22N6O3. The fourth-order valence-corrected chi connectivity index (χ4v) is 5.26. The highest BCUT2D eigenvalue weighted by Crippen LogP contribution is 2.67. The minimum Gasteiger partial charge on any atom is -0.438 e. The molecule has 2 heterocycles. The van der Waals surface area contributed by atoms with Crippen molar-refractivity contribution in [2.45, 2.75) is 51.3 Å². The van der Waals surface area contributed by atoms with Crippen LogP contribution in [0.25, 0.3) is 6.08 Å². The van der Waals surface area contributed by atoms with Crippen LogP contribution >= 0.6 is 0 Å². The van der Waals surface area contributed by atoms with E-state index in [0.717, 1.165) is 16.7 Å². The lowest BCUT2D eigenvalue weighted by Gasteiger charge is -2.66. The summed E-state index contributed by atoms with van der Waals surface area (Å²) < 4.78 is 6.20. The number of nitrogens with zero attached hydrogens (tertiary/aromatic N) is 4. The number of anilines is 1. The van der Waals surface area contributed by atoms with E-state index in [4.69, 9.17) is 10.00 Å². The Balaban J connectivity index is 1.53. The molecule has 2 aromatic rings. The van der Waals surface area contributed by atoms with Gasteiger partial charge in [-0.2, -0.15) is 15.5 Å². The number of aliphatic hydroxyl groups is 1. The number of rotatable bonds is 5. The third-order valence-electron chi connectivity index (χ3n) is 6.61.